The number of fused-ring (bicyclic) bond motifs is 2. The van der Waals surface area contributed by atoms with Crippen LogP contribution in [0.1, 0.15) is 46.0 Å². The van der Waals surface area contributed by atoms with E-state index in [0.717, 1.165) is 23.7 Å². The van der Waals surface area contributed by atoms with E-state index in [0.29, 0.717) is 5.41 Å². The van der Waals surface area contributed by atoms with Crippen molar-refractivity contribution in [2.45, 2.75) is 46.0 Å². The lowest BCUT2D eigenvalue weighted by Crippen LogP contribution is -2.58. The summed E-state index contributed by atoms with van der Waals surface area (Å²) in [7, 11) is 9.80. The van der Waals surface area contributed by atoms with E-state index in [9.17, 15) is 0 Å². The molecule has 4 rings (SSSR count). The molecule has 22 heavy (non-hydrogen) atoms. The molecule has 3 saturated carbocycles. The monoisotopic (exact) mass is 308 g/mol. The van der Waals surface area contributed by atoms with Crippen molar-refractivity contribution in [1.82, 2.24) is 0 Å². The van der Waals surface area contributed by atoms with E-state index in [1.54, 1.807) is 0 Å². The lowest BCUT2D eigenvalue weighted by atomic mass is 9.45. The van der Waals surface area contributed by atoms with E-state index in [2.05, 4.69) is 42.0 Å². The molecular formula is C20H40N2+2. The number of rotatable bonds is 4. The van der Waals surface area contributed by atoms with Gasteiger partial charge in [-0.3, -0.25) is 0 Å². The Bertz CT molecular complexity index is 398. The molecular weight excluding hydrogens is 268 g/mol. The summed E-state index contributed by atoms with van der Waals surface area (Å²) in [5.74, 6) is 4.02. The first-order chi connectivity index (χ1) is 10.1. The van der Waals surface area contributed by atoms with Gasteiger partial charge in [-0.05, 0) is 36.5 Å². The molecule has 0 aromatic heterocycles. The molecule has 0 aromatic rings. The van der Waals surface area contributed by atoms with Crippen LogP contribution in [-0.2, 0) is 0 Å². The topological polar surface area (TPSA) is 0 Å². The Morgan fingerprint density at radius 1 is 0.955 bits per heavy atom. The van der Waals surface area contributed by atoms with Crippen LogP contribution < -0.4 is 0 Å². The van der Waals surface area contributed by atoms with Gasteiger partial charge in [-0.25, -0.2) is 0 Å². The maximum absolute atomic E-state index is 2.54. The minimum atomic E-state index is 0.648. The van der Waals surface area contributed by atoms with Gasteiger partial charge in [0, 0.05) is 24.7 Å². The van der Waals surface area contributed by atoms with Gasteiger partial charge < -0.3 is 8.97 Å². The van der Waals surface area contributed by atoms with Gasteiger partial charge in [0.1, 0.15) is 0 Å². The molecule has 3 unspecified atom stereocenters. The van der Waals surface area contributed by atoms with E-state index in [-0.39, 0.29) is 0 Å². The highest BCUT2D eigenvalue weighted by Gasteiger charge is 2.55. The predicted molar refractivity (Wildman–Crippen MR) is 94.5 cm³/mol. The summed E-state index contributed by atoms with van der Waals surface area (Å²) in [6, 6.07) is 0. The summed E-state index contributed by atoms with van der Waals surface area (Å²) >= 11 is 0. The Hall–Kier alpha value is -0.0800. The van der Waals surface area contributed by atoms with Crippen molar-refractivity contribution < 1.29 is 8.97 Å². The Kier molecular flexibility index (Phi) is 4.18. The van der Waals surface area contributed by atoms with E-state index >= 15 is 0 Å². The molecule has 4 aliphatic rings. The number of hydrogen-bond acceptors (Lipinski definition) is 0. The second-order valence-corrected chi connectivity index (χ2v) is 10.8. The zero-order valence-corrected chi connectivity index (χ0v) is 16.1. The van der Waals surface area contributed by atoms with Crippen LogP contribution >= 0.6 is 0 Å². The molecule has 0 N–H and O–H groups in total. The minimum Gasteiger partial charge on any atom is -0.328 e. The largest absolute Gasteiger partial charge is 0.328 e. The van der Waals surface area contributed by atoms with Crippen LogP contribution in [0.2, 0.25) is 0 Å². The highest BCUT2D eigenvalue weighted by Crippen LogP contribution is 2.61. The Labute approximate surface area is 139 Å². The fraction of sp³-hybridized carbons (Fsp3) is 1.00. The third-order valence-electron chi connectivity index (χ3n) is 7.77. The van der Waals surface area contributed by atoms with Crippen LogP contribution in [0.4, 0.5) is 0 Å². The van der Waals surface area contributed by atoms with Gasteiger partial charge in [0.2, 0.25) is 0 Å². The lowest BCUT2D eigenvalue weighted by Gasteiger charge is -2.60. The zero-order chi connectivity index (χ0) is 16.2. The fourth-order valence-electron chi connectivity index (χ4n) is 6.09. The molecule has 2 nitrogen and oxygen atoms in total. The third kappa shape index (κ3) is 3.24. The van der Waals surface area contributed by atoms with Crippen molar-refractivity contribution in [2.75, 3.05) is 54.4 Å². The molecule has 1 aliphatic heterocycles. The van der Waals surface area contributed by atoms with Crippen molar-refractivity contribution in [1.29, 1.82) is 0 Å². The number of piperidine rings is 1. The first kappa shape index (κ1) is 16.8. The van der Waals surface area contributed by atoms with E-state index in [1.165, 1.54) is 67.2 Å². The predicted octanol–water partition coefficient (Wildman–Crippen LogP) is 3.62. The molecule has 0 spiro atoms. The smallest absolute Gasteiger partial charge is 0.0815 e. The molecule has 3 aliphatic carbocycles. The Balaban J connectivity index is 1.53. The van der Waals surface area contributed by atoms with Crippen molar-refractivity contribution >= 4 is 0 Å². The van der Waals surface area contributed by atoms with Crippen molar-refractivity contribution in [2.24, 2.45) is 29.1 Å². The van der Waals surface area contributed by atoms with E-state index in [4.69, 9.17) is 0 Å². The van der Waals surface area contributed by atoms with Gasteiger partial charge in [-0.2, -0.15) is 0 Å². The molecule has 1 heterocycles. The van der Waals surface area contributed by atoms with E-state index in [1.807, 2.05) is 0 Å². The number of likely N-dealkylation sites (tertiary alicyclic amines) is 1. The molecule has 0 radical (unpaired) electrons. The molecule has 128 valence electrons. The van der Waals surface area contributed by atoms with Crippen molar-refractivity contribution in [3.8, 4) is 0 Å². The summed E-state index contributed by atoms with van der Waals surface area (Å²) in [4.78, 5) is 0. The second-order valence-electron chi connectivity index (χ2n) is 10.8. The summed E-state index contributed by atoms with van der Waals surface area (Å²) in [6.07, 6.45) is 7.43. The molecule has 4 fully saturated rings. The molecule has 3 atom stereocenters. The average Bonchev–Trinajstić information content (AvgIpc) is 2.40. The van der Waals surface area contributed by atoms with Crippen molar-refractivity contribution in [3.05, 3.63) is 0 Å². The van der Waals surface area contributed by atoms with Crippen LogP contribution in [0, 0.1) is 29.1 Å². The summed E-state index contributed by atoms with van der Waals surface area (Å²) in [5.41, 5.74) is 0.648. The van der Waals surface area contributed by atoms with Crippen LogP contribution in [0.3, 0.4) is 0 Å². The van der Waals surface area contributed by atoms with Gasteiger partial charge in [-0.1, -0.05) is 13.8 Å². The maximum Gasteiger partial charge on any atom is 0.0815 e. The molecule has 1 saturated heterocycles. The van der Waals surface area contributed by atoms with Gasteiger partial charge in [-0.15, -0.1) is 0 Å². The van der Waals surface area contributed by atoms with Gasteiger partial charge in [0.05, 0.1) is 54.4 Å². The Morgan fingerprint density at radius 3 is 2.14 bits per heavy atom. The normalized spacial score (nSPS) is 37.6. The fourth-order valence-corrected chi connectivity index (χ4v) is 6.09. The lowest BCUT2D eigenvalue weighted by molar-refractivity contribution is -0.911. The van der Waals surface area contributed by atoms with E-state index < -0.39 is 0 Å². The van der Waals surface area contributed by atoms with Gasteiger partial charge in [0.15, 0.2) is 0 Å². The second kappa shape index (κ2) is 5.48. The Morgan fingerprint density at radius 2 is 1.59 bits per heavy atom. The standard InChI is InChI=1S/C20H40N2/c1-20(2)18-8-7-17(19(20)13-18)15-22(5,6)14-16-9-11-21(3,4)12-10-16/h16-19H,7-15H2,1-6H3/q+2. The first-order valence-corrected chi connectivity index (χ1v) is 9.73. The number of quaternary nitrogens is 2. The number of hydrogen-bond donors (Lipinski definition) is 0. The van der Waals surface area contributed by atoms with Gasteiger partial charge in [0.25, 0.3) is 0 Å². The molecule has 2 heteroatoms. The van der Waals surface area contributed by atoms with Crippen molar-refractivity contribution in [3.63, 3.8) is 0 Å². The summed E-state index contributed by atoms with van der Waals surface area (Å²) < 4.78 is 2.50. The molecule has 0 aromatic carbocycles. The highest BCUT2D eigenvalue weighted by molar-refractivity contribution is 5.03. The van der Waals surface area contributed by atoms with Crippen LogP contribution in [0.5, 0.6) is 0 Å². The number of nitrogens with zero attached hydrogens (tertiary/aromatic N) is 2. The first-order valence-electron chi connectivity index (χ1n) is 9.73. The SMILES string of the molecule is CC1(C)C2CCC(C[N+](C)(C)CC3CC[N+](C)(C)CC3)C1C2. The zero-order valence-electron chi connectivity index (χ0n) is 16.1. The van der Waals surface area contributed by atoms with Crippen LogP contribution in [-0.4, -0.2) is 63.3 Å². The van der Waals surface area contributed by atoms with Crippen LogP contribution in [0.25, 0.3) is 0 Å². The average molecular weight is 309 g/mol. The van der Waals surface area contributed by atoms with Gasteiger partial charge >= 0.3 is 0 Å². The van der Waals surface area contributed by atoms with Crippen LogP contribution in [0.15, 0.2) is 0 Å². The minimum absolute atomic E-state index is 0.648. The highest BCUT2D eigenvalue weighted by atomic mass is 15.3. The maximum atomic E-state index is 2.54. The quantitative estimate of drug-likeness (QED) is 0.696. The molecule has 2 bridgehead atoms. The summed E-state index contributed by atoms with van der Waals surface area (Å²) in [5, 5.41) is 0. The summed E-state index contributed by atoms with van der Waals surface area (Å²) in [6.45, 7) is 10.7. The molecule has 0 amide bonds. The third-order valence-corrected chi connectivity index (χ3v) is 7.77.